The lowest BCUT2D eigenvalue weighted by Crippen LogP contribution is -2.30. The molecule has 1 aliphatic heterocycles. The number of amides is 2. The quantitative estimate of drug-likeness (QED) is 0.751. The number of hydrogen-bond acceptors (Lipinski definition) is 4. The molecule has 0 radical (unpaired) electrons. The summed E-state index contributed by atoms with van der Waals surface area (Å²) in [6.07, 6.45) is 2.34. The van der Waals surface area contributed by atoms with Crippen LogP contribution < -0.4 is 5.32 Å². The molecule has 1 N–H and O–H groups in total. The van der Waals surface area contributed by atoms with Gasteiger partial charge in [-0.15, -0.1) is 11.3 Å². The number of aryl methyl sites for hydroxylation is 1. The van der Waals surface area contributed by atoms with E-state index in [-0.39, 0.29) is 11.8 Å². The summed E-state index contributed by atoms with van der Waals surface area (Å²) in [6.45, 7) is 4.72. The number of nitrogens with zero attached hydrogens (tertiary/aromatic N) is 3. The molecule has 3 rings (SSSR count). The lowest BCUT2D eigenvalue weighted by Gasteiger charge is -2.14. The molecular formula is C17H21ClN4O2S. The number of thiophene rings is 1. The highest BCUT2D eigenvalue weighted by molar-refractivity contribution is 7.19. The topological polar surface area (TPSA) is 67.2 Å². The molecule has 0 bridgehead atoms. The third-order valence-electron chi connectivity index (χ3n) is 4.20. The van der Waals surface area contributed by atoms with E-state index in [4.69, 9.17) is 11.6 Å². The largest absolute Gasteiger partial charge is 0.351 e. The van der Waals surface area contributed by atoms with Crippen LogP contribution in [-0.2, 0) is 11.3 Å². The van der Waals surface area contributed by atoms with Crippen LogP contribution in [-0.4, -0.2) is 46.1 Å². The minimum Gasteiger partial charge on any atom is -0.351 e. The van der Waals surface area contributed by atoms with Crippen molar-refractivity contribution in [2.24, 2.45) is 0 Å². The molecule has 0 aliphatic carbocycles. The maximum Gasteiger partial charge on any atom is 0.271 e. The zero-order valence-corrected chi connectivity index (χ0v) is 15.7. The highest BCUT2D eigenvalue weighted by Gasteiger charge is 2.19. The molecule has 2 aromatic heterocycles. The Balaban J connectivity index is 1.57. The molecule has 1 saturated heterocycles. The summed E-state index contributed by atoms with van der Waals surface area (Å²) < 4.78 is 2.52. The molecule has 25 heavy (non-hydrogen) atoms. The van der Waals surface area contributed by atoms with Crippen LogP contribution in [0.15, 0.2) is 18.2 Å². The van der Waals surface area contributed by atoms with Crippen molar-refractivity contribution < 1.29 is 9.59 Å². The minimum atomic E-state index is -0.191. The second-order valence-corrected chi connectivity index (χ2v) is 7.64. The first-order valence-electron chi connectivity index (χ1n) is 8.48. The van der Waals surface area contributed by atoms with Gasteiger partial charge in [0.1, 0.15) is 0 Å². The molecule has 0 atom stereocenters. The lowest BCUT2D eigenvalue weighted by molar-refractivity contribution is -0.127. The first-order chi connectivity index (χ1) is 12.1. The zero-order valence-electron chi connectivity index (χ0n) is 14.1. The highest BCUT2D eigenvalue weighted by atomic mass is 35.5. The Morgan fingerprint density at radius 1 is 1.44 bits per heavy atom. The summed E-state index contributed by atoms with van der Waals surface area (Å²) >= 11 is 7.47. The molecule has 0 unspecified atom stereocenters. The van der Waals surface area contributed by atoms with Gasteiger partial charge in [0, 0.05) is 32.6 Å². The van der Waals surface area contributed by atoms with Crippen molar-refractivity contribution in [3.63, 3.8) is 0 Å². The molecule has 134 valence electrons. The molecule has 0 saturated carbocycles. The van der Waals surface area contributed by atoms with Crippen LogP contribution in [0.2, 0.25) is 4.34 Å². The first-order valence-corrected chi connectivity index (χ1v) is 9.67. The number of rotatable bonds is 7. The number of halogens is 1. The predicted molar refractivity (Wildman–Crippen MR) is 99.0 cm³/mol. The fraction of sp³-hybridized carbons (Fsp3) is 0.471. The van der Waals surface area contributed by atoms with E-state index in [0.29, 0.717) is 36.1 Å². The summed E-state index contributed by atoms with van der Waals surface area (Å²) in [5, 5.41) is 7.27. The number of likely N-dealkylation sites (tertiary alicyclic amines) is 1. The molecule has 1 aliphatic rings. The van der Waals surface area contributed by atoms with Crippen LogP contribution in [0.1, 0.15) is 36.7 Å². The number of carbonyl (C=O) groups is 2. The number of aromatic nitrogens is 2. The molecule has 3 heterocycles. The van der Waals surface area contributed by atoms with Gasteiger partial charge in [0.25, 0.3) is 5.91 Å². The van der Waals surface area contributed by atoms with Gasteiger partial charge >= 0.3 is 0 Å². The van der Waals surface area contributed by atoms with Crippen LogP contribution in [0.3, 0.4) is 0 Å². The maximum atomic E-state index is 12.3. The SMILES string of the molecule is CCn1nc(C(=O)NCCCN2CCCC2=O)cc1-c1ccc(Cl)s1. The maximum absolute atomic E-state index is 12.3. The third-order valence-corrected chi connectivity index (χ3v) is 5.45. The normalized spacial score (nSPS) is 14.3. The molecular weight excluding hydrogens is 360 g/mol. The van der Waals surface area contributed by atoms with Crippen LogP contribution in [0.5, 0.6) is 0 Å². The smallest absolute Gasteiger partial charge is 0.271 e. The van der Waals surface area contributed by atoms with E-state index in [9.17, 15) is 9.59 Å². The molecule has 2 aromatic rings. The second kappa shape index (κ2) is 8.01. The highest BCUT2D eigenvalue weighted by Crippen LogP contribution is 2.31. The Morgan fingerprint density at radius 3 is 2.92 bits per heavy atom. The van der Waals surface area contributed by atoms with Crippen LogP contribution in [0.4, 0.5) is 0 Å². The zero-order chi connectivity index (χ0) is 17.8. The van der Waals surface area contributed by atoms with Gasteiger partial charge in [-0.3, -0.25) is 14.3 Å². The summed E-state index contributed by atoms with van der Waals surface area (Å²) in [6, 6.07) is 5.57. The number of hydrogen-bond donors (Lipinski definition) is 1. The van der Waals surface area contributed by atoms with E-state index >= 15 is 0 Å². The second-order valence-electron chi connectivity index (χ2n) is 5.93. The van der Waals surface area contributed by atoms with Gasteiger partial charge in [-0.05, 0) is 38.0 Å². The predicted octanol–water partition coefficient (Wildman–Crippen LogP) is 3.03. The van der Waals surface area contributed by atoms with Crippen LogP contribution in [0, 0.1) is 0 Å². The van der Waals surface area contributed by atoms with E-state index in [2.05, 4.69) is 10.4 Å². The average molecular weight is 381 g/mol. The van der Waals surface area contributed by atoms with E-state index < -0.39 is 0 Å². The summed E-state index contributed by atoms with van der Waals surface area (Å²) in [5.74, 6) is 0.0242. The fourth-order valence-corrected chi connectivity index (χ4v) is 3.99. The molecule has 0 aromatic carbocycles. The molecule has 1 fully saturated rings. The number of carbonyl (C=O) groups excluding carboxylic acids is 2. The van der Waals surface area contributed by atoms with Gasteiger partial charge < -0.3 is 10.2 Å². The van der Waals surface area contributed by atoms with E-state index in [1.165, 1.54) is 11.3 Å². The lowest BCUT2D eigenvalue weighted by atomic mass is 10.3. The Morgan fingerprint density at radius 2 is 2.28 bits per heavy atom. The Hall–Kier alpha value is -1.86. The van der Waals surface area contributed by atoms with Gasteiger partial charge in [-0.25, -0.2) is 0 Å². The fourth-order valence-electron chi connectivity index (χ4n) is 2.92. The van der Waals surface area contributed by atoms with E-state index in [1.54, 1.807) is 10.7 Å². The van der Waals surface area contributed by atoms with Gasteiger partial charge in [0.05, 0.1) is 14.9 Å². The summed E-state index contributed by atoms with van der Waals surface area (Å²) in [4.78, 5) is 26.7. The van der Waals surface area contributed by atoms with Crippen molar-refractivity contribution in [2.75, 3.05) is 19.6 Å². The first kappa shape index (κ1) is 17.9. The molecule has 2 amide bonds. The van der Waals surface area contributed by atoms with Gasteiger partial charge in [0.2, 0.25) is 5.91 Å². The van der Waals surface area contributed by atoms with Crippen molar-refractivity contribution in [1.29, 1.82) is 0 Å². The Labute approximate surface area is 155 Å². The van der Waals surface area contributed by atoms with Crippen molar-refractivity contribution in [1.82, 2.24) is 20.0 Å². The minimum absolute atomic E-state index is 0.191. The molecule has 8 heteroatoms. The van der Waals surface area contributed by atoms with Gasteiger partial charge in [0.15, 0.2) is 5.69 Å². The average Bonchev–Trinajstić information content (AvgIpc) is 3.31. The standard InChI is InChI=1S/C17H21ClN4O2S/c1-2-22-13(14-6-7-15(18)25-14)11-12(20-22)17(24)19-8-4-10-21-9-3-5-16(21)23/h6-7,11H,2-5,8-10H2,1H3,(H,19,24). The van der Waals surface area contributed by atoms with Crippen molar-refractivity contribution in [3.05, 3.63) is 28.2 Å². The van der Waals surface area contributed by atoms with E-state index in [0.717, 1.165) is 30.0 Å². The third kappa shape index (κ3) is 4.22. The summed E-state index contributed by atoms with van der Waals surface area (Å²) in [7, 11) is 0. The molecule has 6 nitrogen and oxygen atoms in total. The molecule has 0 spiro atoms. The van der Waals surface area contributed by atoms with Crippen molar-refractivity contribution >= 4 is 34.8 Å². The van der Waals surface area contributed by atoms with Gasteiger partial charge in [-0.1, -0.05) is 11.6 Å². The van der Waals surface area contributed by atoms with Crippen molar-refractivity contribution in [3.8, 4) is 10.6 Å². The Bertz CT molecular complexity index is 771. The monoisotopic (exact) mass is 380 g/mol. The number of nitrogens with one attached hydrogen (secondary N) is 1. The van der Waals surface area contributed by atoms with Gasteiger partial charge in [-0.2, -0.15) is 5.10 Å². The van der Waals surface area contributed by atoms with Crippen LogP contribution >= 0.6 is 22.9 Å². The van der Waals surface area contributed by atoms with Crippen molar-refractivity contribution in [2.45, 2.75) is 32.7 Å². The van der Waals surface area contributed by atoms with Crippen LogP contribution in [0.25, 0.3) is 10.6 Å². The Kier molecular flexibility index (Phi) is 5.75. The summed E-state index contributed by atoms with van der Waals surface area (Å²) in [5.41, 5.74) is 1.30. The van der Waals surface area contributed by atoms with E-state index in [1.807, 2.05) is 24.0 Å².